The maximum atomic E-state index is 14.7. The predicted molar refractivity (Wildman–Crippen MR) is 124 cm³/mol. The topological polar surface area (TPSA) is 56.6 Å². The van der Waals surface area contributed by atoms with Crippen molar-refractivity contribution in [2.24, 2.45) is 0 Å². The summed E-state index contributed by atoms with van der Waals surface area (Å²) < 4.78 is 27.7. The van der Waals surface area contributed by atoms with Gasteiger partial charge in [-0.2, -0.15) is 5.10 Å². The minimum Gasteiger partial charge on any atom is -0.493 e. The van der Waals surface area contributed by atoms with E-state index in [1.807, 2.05) is 62.8 Å². The van der Waals surface area contributed by atoms with Gasteiger partial charge in [-0.05, 0) is 57.6 Å². The highest BCUT2D eigenvalue weighted by Crippen LogP contribution is 2.34. The maximum absolute atomic E-state index is 14.7. The minimum absolute atomic E-state index is 0.179. The number of ether oxygens (including phenoxy) is 2. The van der Waals surface area contributed by atoms with Gasteiger partial charge in [0, 0.05) is 24.2 Å². The summed E-state index contributed by atoms with van der Waals surface area (Å²) in [7, 11) is 2.04. The lowest BCUT2D eigenvalue weighted by Gasteiger charge is -2.19. The zero-order valence-corrected chi connectivity index (χ0v) is 19.6. The SMILES string of the molecule is CN1Cc2nn(Cc3cccc(OCCC(=O)OC(C)(C)C)c3)c(-c3ccccc3F)c2C1. The second-order valence-electron chi connectivity index (χ2n) is 9.42. The molecule has 3 aromatic rings. The van der Waals surface area contributed by atoms with E-state index in [1.54, 1.807) is 12.1 Å². The van der Waals surface area contributed by atoms with Crippen molar-refractivity contribution in [3.8, 4) is 17.0 Å². The summed E-state index contributed by atoms with van der Waals surface area (Å²) in [6, 6.07) is 14.5. The Labute approximate surface area is 193 Å². The third kappa shape index (κ3) is 5.60. The fourth-order valence-electron chi connectivity index (χ4n) is 4.04. The summed E-state index contributed by atoms with van der Waals surface area (Å²) in [5, 5.41) is 4.81. The molecule has 2 aromatic carbocycles. The fraction of sp³-hybridized carbons (Fsp3) is 0.385. The third-order valence-corrected chi connectivity index (χ3v) is 5.34. The smallest absolute Gasteiger partial charge is 0.309 e. The lowest BCUT2D eigenvalue weighted by molar-refractivity contribution is -0.155. The van der Waals surface area contributed by atoms with Crippen LogP contribution in [0.1, 0.15) is 44.0 Å². The van der Waals surface area contributed by atoms with Crippen molar-refractivity contribution in [1.82, 2.24) is 14.7 Å². The number of hydrogen-bond donors (Lipinski definition) is 0. The molecule has 1 aromatic heterocycles. The number of esters is 1. The molecule has 174 valence electrons. The molecule has 0 radical (unpaired) electrons. The number of benzene rings is 2. The van der Waals surface area contributed by atoms with Crippen LogP contribution in [0.5, 0.6) is 5.75 Å². The van der Waals surface area contributed by atoms with Crippen LogP contribution in [0.15, 0.2) is 48.5 Å². The number of carbonyl (C=O) groups is 1. The van der Waals surface area contributed by atoms with Crippen LogP contribution in [-0.4, -0.2) is 39.9 Å². The highest BCUT2D eigenvalue weighted by atomic mass is 19.1. The molecule has 0 N–H and O–H groups in total. The van der Waals surface area contributed by atoms with Gasteiger partial charge in [-0.15, -0.1) is 0 Å². The van der Waals surface area contributed by atoms with Gasteiger partial charge in [-0.1, -0.05) is 24.3 Å². The van der Waals surface area contributed by atoms with Gasteiger partial charge in [0.15, 0.2) is 0 Å². The Balaban J connectivity index is 1.51. The van der Waals surface area contributed by atoms with Crippen LogP contribution in [0, 0.1) is 5.82 Å². The van der Waals surface area contributed by atoms with Gasteiger partial charge >= 0.3 is 5.97 Å². The Bertz CT molecular complexity index is 1150. The van der Waals surface area contributed by atoms with Crippen LogP contribution >= 0.6 is 0 Å². The second kappa shape index (κ2) is 9.35. The van der Waals surface area contributed by atoms with Crippen LogP contribution in [0.25, 0.3) is 11.3 Å². The molecule has 0 amide bonds. The molecule has 7 heteroatoms. The van der Waals surface area contributed by atoms with Gasteiger partial charge in [-0.25, -0.2) is 4.39 Å². The Morgan fingerprint density at radius 2 is 1.91 bits per heavy atom. The number of hydrogen-bond acceptors (Lipinski definition) is 5. The van der Waals surface area contributed by atoms with Crippen molar-refractivity contribution < 1.29 is 18.7 Å². The van der Waals surface area contributed by atoms with Crippen LogP contribution in [0.3, 0.4) is 0 Å². The zero-order chi connectivity index (χ0) is 23.6. The molecule has 0 aliphatic carbocycles. The summed E-state index contributed by atoms with van der Waals surface area (Å²) in [6.07, 6.45) is 0.179. The summed E-state index contributed by atoms with van der Waals surface area (Å²) in [4.78, 5) is 14.1. The van der Waals surface area contributed by atoms with E-state index in [4.69, 9.17) is 14.6 Å². The van der Waals surface area contributed by atoms with Crippen molar-refractivity contribution in [1.29, 1.82) is 0 Å². The molecule has 0 fully saturated rings. The quantitative estimate of drug-likeness (QED) is 0.483. The van der Waals surface area contributed by atoms with Gasteiger partial charge in [0.1, 0.15) is 17.2 Å². The molecule has 0 unspecified atom stereocenters. The third-order valence-electron chi connectivity index (χ3n) is 5.34. The molecule has 0 atom stereocenters. The molecule has 0 bridgehead atoms. The largest absolute Gasteiger partial charge is 0.493 e. The van der Waals surface area contributed by atoms with Crippen molar-refractivity contribution in [2.75, 3.05) is 13.7 Å². The van der Waals surface area contributed by atoms with Gasteiger partial charge in [0.2, 0.25) is 0 Å². The Hall–Kier alpha value is -3.19. The molecule has 4 rings (SSSR count). The molecule has 6 nitrogen and oxygen atoms in total. The first-order valence-electron chi connectivity index (χ1n) is 11.2. The van der Waals surface area contributed by atoms with E-state index in [0.29, 0.717) is 17.9 Å². The first-order chi connectivity index (χ1) is 15.7. The van der Waals surface area contributed by atoms with E-state index in [-0.39, 0.29) is 24.8 Å². The highest BCUT2D eigenvalue weighted by Gasteiger charge is 2.27. The lowest BCUT2D eigenvalue weighted by atomic mass is 10.1. The Kier molecular flexibility index (Phi) is 6.51. The zero-order valence-electron chi connectivity index (χ0n) is 19.6. The van der Waals surface area contributed by atoms with Crippen molar-refractivity contribution >= 4 is 5.97 Å². The highest BCUT2D eigenvalue weighted by molar-refractivity contribution is 5.70. The van der Waals surface area contributed by atoms with Crippen LogP contribution in [0.4, 0.5) is 4.39 Å². The number of carbonyl (C=O) groups excluding carboxylic acids is 1. The molecule has 1 aliphatic heterocycles. The minimum atomic E-state index is -0.508. The van der Waals surface area contributed by atoms with Crippen molar-refractivity contribution in [2.45, 2.75) is 52.4 Å². The lowest BCUT2D eigenvalue weighted by Crippen LogP contribution is -2.24. The summed E-state index contributed by atoms with van der Waals surface area (Å²) in [5.41, 5.74) is 3.92. The van der Waals surface area contributed by atoms with E-state index in [1.165, 1.54) is 6.07 Å². The standard InChI is InChI=1S/C26H30FN3O3/c1-26(2,3)33-24(31)12-13-32-19-9-7-8-18(14-19)15-30-25(20-10-5-6-11-22(20)27)21-16-29(4)17-23(21)28-30/h5-11,14H,12-13,15-17H2,1-4H3. The number of halogens is 1. The first-order valence-corrected chi connectivity index (χ1v) is 11.2. The second-order valence-corrected chi connectivity index (χ2v) is 9.42. The van der Waals surface area contributed by atoms with E-state index in [0.717, 1.165) is 35.6 Å². The predicted octanol–water partition coefficient (Wildman–Crippen LogP) is 4.79. The average molecular weight is 452 g/mol. The van der Waals surface area contributed by atoms with E-state index >= 15 is 0 Å². The normalized spacial score (nSPS) is 13.7. The van der Waals surface area contributed by atoms with Crippen molar-refractivity contribution in [3.63, 3.8) is 0 Å². The summed E-state index contributed by atoms with van der Waals surface area (Å²) >= 11 is 0. The Morgan fingerprint density at radius 3 is 2.67 bits per heavy atom. The monoisotopic (exact) mass is 451 g/mol. The molecule has 2 heterocycles. The molecular weight excluding hydrogens is 421 g/mol. The number of rotatable bonds is 7. The summed E-state index contributed by atoms with van der Waals surface area (Å²) in [6.45, 7) is 7.74. The molecule has 33 heavy (non-hydrogen) atoms. The van der Waals surface area contributed by atoms with Gasteiger partial charge in [0.25, 0.3) is 0 Å². The van der Waals surface area contributed by atoms with E-state index in [2.05, 4.69) is 4.90 Å². The van der Waals surface area contributed by atoms with E-state index < -0.39 is 5.60 Å². The number of fused-ring (bicyclic) bond motifs is 1. The van der Waals surface area contributed by atoms with Crippen LogP contribution in [-0.2, 0) is 29.2 Å². The molecule has 0 saturated heterocycles. The molecule has 0 saturated carbocycles. The van der Waals surface area contributed by atoms with Crippen molar-refractivity contribution in [3.05, 3.63) is 71.2 Å². The average Bonchev–Trinajstić information content (AvgIpc) is 3.23. The van der Waals surface area contributed by atoms with Crippen LogP contribution in [0.2, 0.25) is 0 Å². The molecule has 1 aliphatic rings. The van der Waals surface area contributed by atoms with Gasteiger partial charge in [-0.3, -0.25) is 14.4 Å². The maximum Gasteiger partial charge on any atom is 0.309 e. The summed E-state index contributed by atoms with van der Waals surface area (Å²) in [5.74, 6) is 0.127. The Morgan fingerprint density at radius 1 is 1.12 bits per heavy atom. The molecule has 0 spiro atoms. The fourth-order valence-corrected chi connectivity index (χ4v) is 4.04. The number of aromatic nitrogens is 2. The number of nitrogens with zero attached hydrogens (tertiary/aromatic N) is 3. The van der Waals surface area contributed by atoms with Crippen LogP contribution < -0.4 is 4.74 Å². The molecular formula is C26H30FN3O3. The van der Waals surface area contributed by atoms with E-state index in [9.17, 15) is 9.18 Å². The van der Waals surface area contributed by atoms with Gasteiger partial charge in [0.05, 0.1) is 31.0 Å². The first kappa shape index (κ1) is 23.0. The van der Waals surface area contributed by atoms with Gasteiger partial charge < -0.3 is 9.47 Å².